The molecule has 1 aliphatic rings. The van der Waals surface area contributed by atoms with E-state index in [1.165, 1.54) is 12.8 Å². The van der Waals surface area contributed by atoms with E-state index < -0.39 is 0 Å². The zero-order chi connectivity index (χ0) is 19.8. The van der Waals surface area contributed by atoms with Gasteiger partial charge in [0.15, 0.2) is 0 Å². The number of aryl methyl sites for hydroxylation is 1. The van der Waals surface area contributed by atoms with Crippen LogP contribution in [0, 0.1) is 0 Å². The van der Waals surface area contributed by atoms with Crippen LogP contribution in [-0.4, -0.2) is 35.9 Å². The quantitative estimate of drug-likeness (QED) is 0.738. The number of hydrogen-bond acceptors (Lipinski definition) is 4. The first-order chi connectivity index (χ1) is 13.6. The number of nitrogens with one attached hydrogen (secondary N) is 2. The molecule has 1 fully saturated rings. The summed E-state index contributed by atoms with van der Waals surface area (Å²) in [6.45, 7) is 3.98. The van der Waals surface area contributed by atoms with Gasteiger partial charge in [-0.25, -0.2) is 0 Å². The van der Waals surface area contributed by atoms with Gasteiger partial charge in [-0.15, -0.1) is 0 Å². The van der Waals surface area contributed by atoms with Crippen LogP contribution in [0.2, 0.25) is 0 Å². The van der Waals surface area contributed by atoms with Crippen molar-refractivity contribution in [3.05, 3.63) is 54.4 Å². The van der Waals surface area contributed by atoms with Crippen molar-refractivity contribution in [1.29, 1.82) is 0 Å². The molecule has 1 atom stereocenters. The summed E-state index contributed by atoms with van der Waals surface area (Å²) in [4.78, 5) is 31.0. The van der Waals surface area contributed by atoms with E-state index in [0.29, 0.717) is 12.8 Å². The van der Waals surface area contributed by atoms with Crippen molar-refractivity contribution in [3.63, 3.8) is 0 Å². The third-order valence-corrected chi connectivity index (χ3v) is 4.83. The molecule has 1 saturated heterocycles. The molecule has 0 saturated carbocycles. The van der Waals surface area contributed by atoms with Crippen LogP contribution >= 0.6 is 0 Å². The molecule has 0 radical (unpaired) electrons. The number of nitrogens with zero attached hydrogens (tertiary/aromatic N) is 2. The largest absolute Gasteiger partial charge is 0.371 e. The number of carbonyl (C=O) groups is 2. The molecule has 2 heterocycles. The molecule has 2 amide bonds. The summed E-state index contributed by atoms with van der Waals surface area (Å²) in [7, 11) is 0. The fourth-order valence-corrected chi connectivity index (χ4v) is 3.43. The predicted octanol–water partition coefficient (Wildman–Crippen LogP) is 3.15. The van der Waals surface area contributed by atoms with Crippen molar-refractivity contribution in [3.8, 4) is 0 Å². The Labute approximate surface area is 166 Å². The Morgan fingerprint density at radius 3 is 2.68 bits per heavy atom. The zero-order valence-corrected chi connectivity index (χ0v) is 16.4. The van der Waals surface area contributed by atoms with Gasteiger partial charge in [-0.3, -0.25) is 14.6 Å². The van der Waals surface area contributed by atoms with E-state index in [1.807, 2.05) is 43.3 Å². The summed E-state index contributed by atoms with van der Waals surface area (Å²) in [6, 6.07) is 13.4. The van der Waals surface area contributed by atoms with Crippen LogP contribution in [0.25, 0.3) is 0 Å². The van der Waals surface area contributed by atoms with Gasteiger partial charge in [0.1, 0.15) is 0 Å². The molecular formula is C22H28N4O2. The summed E-state index contributed by atoms with van der Waals surface area (Å²) in [6.07, 6.45) is 5.35. The van der Waals surface area contributed by atoms with Crippen LogP contribution in [0.3, 0.4) is 0 Å². The molecule has 6 nitrogen and oxygen atoms in total. The highest BCUT2D eigenvalue weighted by Crippen LogP contribution is 2.23. The Morgan fingerprint density at radius 1 is 1.11 bits per heavy atom. The summed E-state index contributed by atoms with van der Waals surface area (Å²) >= 11 is 0. The smallest absolute Gasteiger partial charge is 0.226 e. The summed E-state index contributed by atoms with van der Waals surface area (Å²) in [5.74, 6) is -0.168. The van der Waals surface area contributed by atoms with Gasteiger partial charge in [0.05, 0.1) is 0 Å². The number of benzene rings is 1. The third kappa shape index (κ3) is 6.08. The van der Waals surface area contributed by atoms with Gasteiger partial charge in [0.2, 0.25) is 11.8 Å². The molecule has 1 aromatic carbocycles. The SMILES string of the molecule is CC(CC(=O)Nc1cccc(N2CCCC2)c1)NC(=O)CCc1ccccn1. The Morgan fingerprint density at radius 2 is 1.93 bits per heavy atom. The van der Waals surface area contributed by atoms with Gasteiger partial charge >= 0.3 is 0 Å². The van der Waals surface area contributed by atoms with E-state index in [9.17, 15) is 9.59 Å². The summed E-state index contributed by atoms with van der Waals surface area (Å²) in [5.41, 5.74) is 2.83. The van der Waals surface area contributed by atoms with E-state index in [1.54, 1.807) is 6.20 Å². The second-order valence-electron chi connectivity index (χ2n) is 7.29. The lowest BCUT2D eigenvalue weighted by molar-refractivity contribution is -0.122. The lowest BCUT2D eigenvalue weighted by Crippen LogP contribution is -2.35. The molecule has 1 aromatic heterocycles. The number of pyridine rings is 1. The number of carbonyl (C=O) groups excluding carboxylic acids is 2. The first-order valence-corrected chi connectivity index (χ1v) is 9.94. The molecule has 1 aliphatic heterocycles. The topological polar surface area (TPSA) is 74.3 Å². The molecule has 0 aliphatic carbocycles. The first-order valence-electron chi connectivity index (χ1n) is 9.94. The normalized spacial score (nSPS) is 14.5. The standard InChI is InChI=1S/C22H28N4O2/c1-17(24-21(27)11-10-18-7-2-3-12-23-18)15-22(28)25-19-8-6-9-20(16-19)26-13-4-5-14-26/h2-3,6-9,12,16-17H,4-5,10-11,13-15H2,1H3,(H,24,27)(H,25,28). The second-order valence-corrected chi connectivity index (χ2v) is 7.29. The molecule has 0 bridgehead atoms. The molecule has 148 valence electrons. The van der Waals surface area contributed by atoms with Crippen molar-refractivity contribution >= 4 is 23.2 Å². The minimum absolute atomic E-state index is 0.0676. The van der Waals surface area contributed by atoms with Gasteiger partial charge < -0.3 is 15.5 Å². The Kier molecular flexibility index (Phi) is 7.00. The fourth-order valence-electron chi connectivity index (χ4n) is 3.43. The Hall–Kier alpha value is -2.89. The molecule has 28 heavy (non-hydrogen) atoms. The van der Waals surface area contributed by atoms with Gasteiger partial charge in [-0.05, 0) is 56.5 Å². The zero-order valence-electron chi connectivity index (χ0n) is 16.4. The monoisotopic (exact) mass is 380 g/mol. The molecule has 2 aromatic rings. The van der Waals surface area contributed by atoms with Crippen molar-refractivity contribution in [2.75, 3.05) is 23.3 Å². The average molecular weight is 380 g/mol. The summed E-state index contributed by atoms with van der Waals surface area (Å²) < 4.78 is 0. The molecule has 6 heteroatoms. The van der Waals surface area contributed by atoms with Crippen LogP contribution in [0.4, 0.5) is 11.4 Å². The van der Waals surface area contributed by atoms with Crippen molar-refractivity contribution in [2.24, 2.45) is 0 Å². The average Bonchev–Trinajstić information content (AvgIpc) is 3.22. The predicted molar refractivity (Wildman–Crippen MR) is 111 cm³/mol. The fraction of sp³-hybridized carbons (Fsp3) is 0.409. The highest BCUT2D eigenvalue weighted by molar-refractivity contribution is 5.92. The minimum atomic E-state index is -0.224. The van der Waals surface area contributed by atoms with Crippen molar-refractivity contribution < 1.29 is 9.59 Å². The Bertz CT molecular complexity index is 788. The first kappa shape index (κ1) is 19.9. The lowest BCUT2D eigenvalue weighted by Gasteiger charge is -2.19. The van der Waals surface area contributed by atoms with Crippen LogP contribution in [0.5, 0.6) is 0 Å². The molecular weight excluding hydrogens is 352 g/mol. The molecule has 1 unspecified atom stereocenters. The van der Waals surface area contributed by atoms with Gasteiger partial charge in [-0.1, -0.05) is 12.1 Å². The van der Waals surface area contributed by atoms with E-state index in [-0.39, 0.29) is 24.3 Å². The maximum absolute atomic E-state index is 12.3. The molecule has 0 spiro atoms. The highest BCUT2D eigenvalue weighted by atomic mass is 16.2. The number of amides is 2. The second kappa shape index (κ2) is 9.88. The minimum Gasteiger partial charge on any atom is -0.371 e. The third-order valence-electron chi connectivity index (χ3n) is 4.83. The maximum Gasteiger partial charge on any atom is 0.226 e. The van der Waals surface area contributed by atoms with E-state index in [4.69, 9.17) is 0 Å². The van der Waals surface area contributed by atoms with Crippen LogP contribution < -0.4 is 15.5 Å². The van der Waals surface area contributed by atoms with Gasteiger partial charge in [0, 0.05) is 55.2 Å². The maximum atomic E-state index is 12.3. The van der Waals surface area contributed by atoms with Crippen LogP contribution in [0.1, 0.15) is 38.3 Å². The van der Waals surface area contributed by atoms with Gasteiger partial charge in [0.25, 0.3) is 0 Å². The lowest BCUT2D eigenvalue weighted by atomic mass is 10.1. The van der Waals surface area contributed by atoms with Crippen molar-refractivity contribution in [1.82, 2.24) is 10.3 Å². The van der Waals surface area contributed by atoms with Crippen molar-refractivity contribution in [2.45, 2.75) is 45.1 Å². The van der Waals surface area contributed by atoms with Crippen LogP contribution in [0.15, 0.2) is 48.7 Å². The number of aromatic nitrogens is 1. The van der Waals surface area contributed by atoms with E-state index >= 15 is 0 Å². The van der Waals surface area contributed by atoms with Gasteiger partial charge in [-0.2, -0.15) is 0 Å². The molecule has 2 N–H and O–H groups in total. The number of anilines is 2. The Balaban J connectivity index is 1.42. The molecule has 3 rings (SSSR count). The van der Waals surface area contributed by atoms with E-state index in [2.05, 4.69) is 26.6 Å². The van der Waals surface area contributed by atoms with E-state index in [0.717, 1.165) is 30.2 Å². The summed E-state index contributed by atoms with van der Waals surface area (Å²) in [5, 5.41) is 5.83. The number of hydrogen-bond donors (Lipinski definition) is 2. The highest BCUT2D eigenvalue weighted by Gasteiger charge is 2.15. The number of rotatable bonds is 8. The van der Waals surface area contributed by atoms with Crippen LogP contribution in [-0.2, 0) is 16.0 Å².